The fraction of sp³-hybridized carbons (Fsp3) is 0.192. The number of carbonyl (C=O) groups excluding carboxylic acids is 1. The average Bonchev–Trinajstić information content (AvgIpc) is 2.83. The second kappa shape index (κ2) is 10.8. The first-order valence-electron chi connectivity index (χ1n) is 10.7. The number of para-hydroxylation sites is 1. The molecule has 3 aromatic carbocycles. The highest BCUT2D eigenvalue weighted by atomic mass is 32.2. The largest absolute Gasteiger partial charge is 0.492 e. The average molecular weight is 460 g/mol. The van der Waals surface area contributed by atoms with Crippen molar-refractivity contribution in [1.29, 1.82) is 0 Å². The molecule has 0 fully saturated rings. The van der Waals surface area contributed by atoms with Gasteiger partial charge in [-0.05, 0) is 42.3 Å². The fourth-order valence-corrected chi connectivity index (χ4v) is 4.24. The van der Waals surface area contributed by atoms with Gasteiger partial charge in [-0.25, -0.2) is 4.98 Å². The molecule has 0 saturated heterocycles. The molecule has 4 rings (SSSR count). The Bertz CT molecular complexity index is 1310. The minimum absolute atomic E-state index is 0.112. The van der Waals surface area contributed by atoms with E-state index >= 15 is 0 Å². The van der Waals surface area contributed by atoms with Gasteiger partial charge in [-0.1, -0.05) is 66.4 Å². The molecular formula is C26H25N3O3S. The van der Waals surface area contributed by atoms with Crippen LogP contribution in [0.1, 0.15) is 11.1 Å². The van der Waals surface area contributed by atoms with Crippen LogP contribution in [0.4, 0.5) is 0 Å². The highest BCUT2D eigenvalue weighted by Gasteiger charge is 2.13. The third-order valence-electron chi connectivity index (χ3n) is 5.02. The molecule has 0 unspecified atom stereocenters. The van der Waals surface area contributed by atoms with Crippen LogP contribution in [0.15, 0.2) is 88.8 Å². The van der Waals surface area contributed by atoms with Gasteiger partial charge in [-0.15, -0.1) is 0 Å². The first-order chi connectivity index (χ1) is 16.1. The Morgan fingerprint density at radius 1 is 1.03 bits per heavy atom. The van der Waals surface area contributed by atoms with E-state index in [2.05, 4.69) is 10.3 Å². The molecule has 33 heavy (non-hydrogen) atoms. The summed E-state index contributed by atoms with van der Waals surface area (Å²) in [4.78, 5) is 30.2. The first-order valence-corrected chi connectivity index (χ1v) is 11.7. The van der Waals surface area contributed by atoms with E-state index in [1.54, 1.807) is 10.6 Å². The number of nitrogens with zero attached hydrogens (tertiary/aromatic N) is 2. The third kappa shape index (κ3) is 6.02. The number of hydrogen-bond donors (Lipinski definition) is 1. The van der Waals surface area contributed by atoms with Crippen molar-refractivity contribution in [3.8, 4) is 5.75 Å². The maximum atomic E-state index is 13.2. The number of hydrogen-bond acceptors (Lipinski definition) is 5. The van der Waals surface area contributed by atoms with Gasteiger partial charge >= 0.3 is 0 Å². The molecule has 168 valence electrons. The highest BCUT2D eigenvalue weighted by molar-refractivity contribution is 7.99. The van der Waals surface area contributed by atoms with Gasteiger partial charge in [0.15, 0.2) is 5.16 Å². The normalized spacial score (nSPS) is 10.8. The van der Waals surface area contributed by atoms with E-state index < -0.39 is 0 Å². The Balaban J connectivity index is 1.41. The number of ether oxygens (including phenoxy) is 1. The second-order valence-corrected chi connectivity index (χ2v) is 8.53. The van der Waals surface area contributed by atoms with Crippen molar-refractivity contribution in [2.75, 3.05) is 18.9 Å². The number of aryl methyl sites for hydroxylation is 1. The first kappa shape index (κ1) is 22.6. The molecule has 0 saturated carbocycles. The minimum Gasteiger partial charge on any atom is -0.492 e. The van der Waals surface area contributed by atoms with Crippen LogP contribution in [0.5, 0.6) is 5.75 Å². The topological polar surface area (TPSA) is 73.2 Å². The van der Waals surface area contributed by atoms with E-state index in [0.29, 0.717) is 35.8 Å². The van der Waals surface area contributed by atoms with E-state index in [1.165, 1.54) is 11.8 Å². The van der Waals surface area contributed by atoms with E-state index in [-0.39, 0.29) is 17.2 Å². The van der Waals surface area contributed by atoms with Crippen molar-refractivity contribution in [1.82, 2.24) is 14.9 Å². The number of benzene rings is 3. The maximum absolute atomic E-state index is 13.2. The van der Waals surface area contributed by atoms with E-state index in [4.69, 9.17) is 4.74 Å². The molecule has 1 heterocycles. The van der Waals surface area contributed by atoms with Gasteiger partial charge in [0.2, 0.25) is 5.91 Å². The minimum atomic E-state index is -0.137. The zero-order valence-electron chi connectivity index (χ0n) is 18.4. The monoisotopic (exact) mass is 459 g/mol. The van der Waals surface area contributed by atoms with Crippen LogP contribution in [0.25, 0.3) is 10.9 Å². The van der Waals surface area contributed by atoms with Crippen molar-refractivity contribution in [3.63, 3.8) is 0 Å². The fourth-order valence-electron chi connectivity index (χ4n) is 3.41. The number of amides is 1. The second-order valence-electron chi connectivity index (χ2n) is 7.59. The lowest BCUT2D eigenvalue weighted by molar-refractivity contribution is -0.118. The predicted octanol–water partition coefficient (Wildman–Crippen LogP) is 4.04. The molecule has 1 amide bonds. The Labute approximate surface area is 196 Å². The van der Waals surface area contributed by atoms with E-state index in [9.17, 15) is 9.59 Å². The lowest BCUT2D eigenvalue weighted by Gasteiger charge is -2.13. The van der Waals surface area contributed by atoms with Crippen LogP contribution in [-0.4, -0.2) is 34.4 Å². The summed E-state index contributed by atoms with van der Waals surface area (Å²) >= 11 is 1.26. The number of nitrogens with one attached hydrogen (secondary N) is 1. The smallest absolute Gasteiger partial charge is 0.262 e. The van der Waals surface area contributed by atoms with Crippen molar-refractivity contribution >= 4 is 28.6 Å². The van der Waals surface area contributed by atoms with Crippen LogP contribution < -0.4 is 15.6 Å². The molecule has 0 aliphatic rings. The number of thioether (sulfide) groups is 1. The SMILES string of the molecule is Cc1cccc(OCCNC(=O)CSc2nc3ccccc3c(=O)n2Cc2ccccc2)c1. The molecule has 0 aliphatic heterocycles. The number of fused-ring (bicyclic) bond motifs is 1. The Hall–Kier alpha value is -3.58. The van der Waals surface area contributed by atoms with Crippen molar-refractivity contribution < 1.29 is 9.53 Å². The molecule has 1 N–H and O–H groups in total. The number of carbonyl (C=O) groups is 1. The van der Waals surface area contributed by atoms with Crippen LogP contribution in [0.2, 0.25) is 0 Å². The summed E-state index contributed by atoms with van der Waals surface area (Å²) < 4.78 is 7.31. The van der Waals surface area contributed by atoms with E-state index in [0.717, 1.165) is 16.9 Å². The predicted molar refractivity (Wildman–Crippen MR) is 132 cm³/mol. The highest BCUT2D eigenvalue weighted by Crippen LogP contribution is 2.19. The zero-order chi connectivity index (χ0) is 23.0. The summed E-state index contributed by atoms with van der Waals surface area (Å²) in [5, 5.41) is 3.95. The van der Waals surface area contributed by atoms with Crippen molar-refractivity contribution in [2.45, 2.75) is 18.6 Å². The Kier molecular flexibility index (Phi) is 7.42. The molecule has 4 aromatic rings. The molecule has 0 aliphatic carbocycles. The lowest BCUT2D eigenvalue weighted by atomic mass is 10.2. The van der Waals surface area contributed by atoms with Crippen molar-refractivity contribution in [3.05, 3.63) is 100 Å². The summed E-state index contributed by atoms with van der Waals surface area (Å²) in [6.07, 6.45) is 0. The maximum Gasteiger partial charge on any atom is 0.262 e. The Morgan fingerprint density at radius 2 is 1.82 bits per heavy atom. The quantitative estimate of drug-likeness (QED) is 0.232. The summed E-state index contributed by atoms with van der Waals surface area (Å²) in [5.74, 6) is 0.801. The van der Waals surface area contributed by atoms with E-state index in [1.807, 2.05) is 79.7 Å². The van der Waals surface area contributed by atoms with Crippen LogP contribution in [0, 0.1) is 6.92 Å². The molecule has 6 nitrogen and oxygen atoms in total. The van der Waals surface area contributed by atoms with Gasteiger partial charge in [0.05, 0.1) is 29.7 Å². The summed E-state index contributed by atoms with van der Waals surface area (Å²) in [6.45, 7) is 3.18. The number of rotatable bonds is 9. The van der Waals surface area contributed by atoms with Gasteiger partial charge in [0.1, 0.15) is 12.4 Å². The molecule has 0 atom stereocenters. The standard InChI is InChI=1S/C26H25N3O3S/c1-19-8-7-11-21(16-19)32-15-14-27-24(30)18-33-26-28-23-13-6-5-12-22(23)25(31)29(26)17-20-9-3-2-4-10-20/h2-13,16H,14-15,17-18H2,1H3,(H,27,30). The lowest BCUT2D eigenvalue weighted by Crippen LogP contribution is -2.30. The molecule has 0 spiro atoms. The van der Waals surface area contributed by atoms with Gasteiger partial charge in [-0.3, -0.25) is 14.2 Å². The number of aromatic nitrogens is 2. The van der Waals surface area contributed by atoms with Gasteiger partial charge in [0.25, 0.3) is 5.56 Å². The molecule has 0 bridgehead atoms. The van der Waals surface area contributed by atoms with Gasteiger partial charge < -0.3 is 10.1 Å². The van der Waals surface area contributed by atoms with Gasteiger partial charge in [-0.2, -0.15) is 0 Å². The molecule has 1 aromatic heterocycles. The van der Waals surface area contributed by atoms with Crippen molar-refractivity contribution in [2.24, 2.45) is 0 Å². The van der Waals surface area contributed by atoms with Gasteiger partial charge in [0, 0.05) is 0 Å². The molecule has 0 radical (unpaired) electrons. The molecular weight excluding hydrogens is 434 g/mol. The zero-order valence-corrected chi connectivity index (χ0v) is 19.2. The molecule has 7 heteroatoms. The Morgan fingerprint density at radius 3 is 2.64 bits per heavy atom. The van der Waals surface area contributed by atoms with Crippen LogP contribution in [0.3, 0.4) is 0 Å². The van der Waals surface area contributed by atoms with Crippen LogP contribution >= 0.6 is 11.8 Å². The summed E-state index contributed by atoms with van der Waals surface area (Å²) in [6, 6.07) is 24.8. The summed E-state index contributed by atoms with van der Waals surface area (Å²) in [5.41, 5.74) is 2.63. The summed E-state index contributed by atoms with van der Waals surface area (Å²) in [7, 11) is 0. The van der Waals surface area contributed by atoms with Crippen LogP contribution in [-0.2, 0) is 11.3 Å². The third-order valence-corrected chi connectivity index (χ3v) is 6.00.